The molecule has 1 aromatic heterocycles. The zero-order valence-electron chi connectivity index (χ0n) is 24.5. The second-order valence-electron chi connectivity index (χ2n) is 11.8. The summed E-state index contributed by atoms with van der Waals surface area (Å²) >= 11 is 6.63. The van der Waals surface area contributed by atoms with Crippen molar-refractivity contribution in [1.29, 1.82) is 0 Å². The summed E-state index contributed by atoms with van der Waals surface area (Å²) in [5.41, 5.74) is 4.71. The summed E-state index contributed by atoms with van der Waals surface area (Å²) in [6.07, 6.45) is 4.37. The zero-order chi connectivity index (χ0) is 30.9. The minimum absolute atomic E-state index is 0.0293. The number of nitrogens with one attached hydrogen (secondary N) is 1. The van der Waals surface area contributed by atoms with Crippen molar-refractivity contribution >= 4 is 23.1 Å². The molecule has 8 nitrogen and oxygen atoms in total. The van der Waals surface area contributed by atoms with Gasteiger partial charge in [-0.2, -0.15) is 0 Å². The number of halogens is 3. The fraction of sp³-hybridized carbons (Fsp3) is 0.500. The van der Waals surface area contributed by atoms with Gasteiger partial charge >= 0.3 is 0 Å². The molecule has 5 rings (SSSR count). The Bertz CT molecular complexity index is 1410. The number of rotatable bonds is 10. The van der Waals surface area contributed by atoms with Crippen LogP contribution in [-0.2, 0) is 19.9 Å². The lowest BCUT2D eigenvalue weighted by molar-refractivity contribution is -0.114. The van der Waals surface area contributed by atoms with E-state index in [0.717, 1.165) is 12.8 Å². The topological polar surface area (TPSA) is 116 Å². The summed E-state index contributed by atoms with van der Waals surface area (Å²) in [5.74, 6) is -2.04. The highest BCUT2D eigenvalue weighted by molar-refractivity contribution is 6.33. The number of alkyl halides is 1. The minimum Gasteiger partial charge on any atom is -0.479 e. The smallest absolute Gasteiger partial charge is 0.249 e. The van der Waals surface area contributed by atoms with Gasteiger partial charge in [0, 0.05) is 60.2 Å². The van der Waals surface area contributed by atoms with Crippen LogP contribution in [0.25, 0.3) is 5.57 Å². The number of benzene rings is 1. The number of carbonyl (C=O) groups excluding carboxylic acids is 1. The van der Waals surface area contributed by atoms with E-state index in [0.29, 0.717) is 30.6 Å². The molecular formula is C32H38ClF2N3O5. The lowest BCUT2D eigenvalue weighted by Gasteiger charge is -2.38. The predicted octanol–water partition coefficient (Wildman–Crippen LogP) is 4.73. The number of hydrogen-bond donors (Lipinski definition) is 3. The summed E-state index contributed by atoms with van der Waals surface area (Å²) in [5, 5.41) is 13.7. The molecule has 0 saturated heterocycles. The fourth-order valence-corrected chi connectivity index (χ4v) is 6.66. The second kappa shape index (κ2) is 12.6. The van der Waals surface area contributed by atoms with E-state index in [9.17, 15) is 9.90 Å². The van der Waals surface area contributed by atoms with Crippen molar-refractivity contribution in [3.63, 3.8) is 0 Å². The zero-order valence-corrected chi connectivity index (χ0v) is 25.3. The van der Waals surface area contributed by atoms with Gasteiger partial charge in [-0.3, -0.25) is 9.78 Å². The summed E-state index contributed by atoms with van der Waals surface area (Å²) in [7, 11) is 1.50. The summed E-state index contributed by atoms with van der Waals surface area (Å²) in [6, 6.07) is 6.78. The van der Waals surface area contributed by atoms with Gasteiger partial charge in [-0.25, -0.2) is 8.78 Å². The quantitative estimate of drug-likeness (QED) is 0.330. The number of primary amides is 1. The molecule has 2 unspecified atom stereocenters. The van der Waals surface area contributed by atoms with E-state index in [1.165, 1.54) is 25.3 Å². The number of fused-ring (bicyclic) bond motifs is 1. The molecule has 3 aliphatic rings. The van der Waals surface area contributed by atoms with Crippen LogP contribution in [0.5, 0.6) is 5.75 Å². The van der Waals surface area contributed by atoms with Crippen molar-refractivity contribution in [2.24, 2.45) is 5.73 Å². The largest absolute Gasteiger partial charge is 0.479 e. The Morgan fingerprint density at radius 1 is 1.30 bits per heavy atom. The monoisotopic (exact) mass is 617 g/mol. The lowest BCUT2D eigenvalue weighted by atomic mass is 9.77. The number of ether oxygens (including phenoxy) is 3. The van der Waals surface area contributed by atoms with Gasteiger partial charge in [0.05, 0.1) is 29.5 Å². The minimum atomic E-state index is -1.88. The van der Waals surface area contributed by atoms with Gasteiger partial charge in [0.2, 0.25) is 5.91 Å². The van der Waals surface area contributed by atoms with Crippen molar-refractivity contribution in [3.05, 3.63) is 75.8 Å². The van der Waals surface area contributed by atoms with Crippen LogP contribution < -0.4 is 15.8 Å². The van der Waals surface area contributed by atoms with Crippen LogP contribution in [0.15, 0.2) is 48.2 Å². The molecular weight excluding hydrogens is 580 g/mol. The van der Waals surface area contributed by atoms with Crippen LogP contribution in [0.4, 0.5) is 8.78 Å². The van der Waals surface area contributed by atoms with E-state index in [2.05, 4.69) is 10.3 Å². The molecule has 1 fully saturated rings. The van der Waals surface area contributed by atoms with E-state index in [4.69, 9.17) is 31.5 Å². The van der Waals surface area contributed by atoms with Gasteiger partial charge in [-0.05, 0) is 44.7 Å². The first-order valence-electron chi connectivity index (χ1n) is 14.5. The molecule has 43 heavy (non-hydrogen) atoms. The molecule has 2 aromatic rings. The Kier molecular flexibility index (Phi) is 9.25. The number of aromatic nitrogens is 1. The van der Waals surface area contributed by atoms with Crippen molar-refractivity contribution in [2.75, 3.05) is 26.9 Å². The van der Waals surface area contributed by atoms with E-state index in [-0.39, 0.29) is 46.7 Å². The average molecular weight is 618 g/mol. The van der Waals surface area contributed by atoms with Gasteiger partial charge in [-0.15, -0.1) is 0 Å². The van der Waals surface area contributed by atoms with Crippen molar-refractivity contribution in [3.8, 4) is 5.75 Å². The highest BCUT2D eigenvalue weighted by Crippen LogP contribution is 2.55. The Balaban J connectivity index is 1.59. The molecule has 4 atom stereocenters. The normalized spacial score (nSPS) is 30.3. The maximum absolute atomic E-state index is 16.4. The van der Waals surface area contributed by atoms with Crippen molar-refractivity contribution in [2.45, 2.75) is 75.0 Å². The van der Waals surface area contributed by atoms with Crippen molar-refractivity contribution in [1.82, 2.24) is 10.3 Å². The van der Waals surface area contributed by atoms with Crippen LogP contribution in [0.3, 0.4) is 0 Å². The number of nitrogens with zero attached hydrogens (tertiary/aromatic N) is 1. The molecule has 1 amide bonds. The van der Waals surface area contributed by atoms with E-state index in [1.807, 2.05) is 26.0 Å². The lowest BCUT2D eigenvalue weighted by Crippen LogP contribution is -2.49. The first kappa shape index (κ1) is 31.5. The molecule has 1 saturated carbocycles. The maximum atomic E-state index is 16.4. The van der Waals surface area contributed by atoms with Crippen LogP contribution in [0.1, 0.15) is 62.3 Å². The Morgan fingerprint density at radius 3 is 2.70 bits per heavy atom. The number of methoxy groups -OCH3 is 1. The molecule has 4 N–H and O–H groups in total. The van der Waals surface area contributed by atoms with Crippen LogP contribution in [-0.4, -0.2) is 66.8 Å². The molecule has 2 aliphatic carbocycles. The molecule has 11 heteroatoms. The third kappa shape index (κ3) is 6.08. The molecule has 0 radical (unpaired) electrons. The number of pyridine rings is 1. The highest BCUT2D eigenvalue weighted by Gasteiger charge is 2.52. The average Bonchev–Trinajstić information content (AvgIpc) is 3.26. The predicted molar refractivity (Wildman–Crippen MR) is 159 cm³/mol. The van der Waals surface area contributed by atoms with Gasteiger partial charge < -0.3 is 30.4 Å². The number of hydrogen-bond acceptors (Lipinski definition) is 7. The molecule has 1 aromatic carbocycles. The Labute approximate surface area is 255 Å². The first-order chi connectivity index (χ1) is 20.5. The van der Waals surface area contributed by atoms with Gasteiger partial charge in [0.15, 0.2) is 11.8 Å². The van der Waals surface area contributed by atoms with E-state index >= 15 is 8.78 Å². The molecule has 0 spiro atoms. The molecule has 232 valence electrons. The van der Waals surface area contributed by atoms with Gasteiger partial charge in [-0.1, -0.05) is 36.7 Å². The number of amides is 1. The number of carbonyl (C=O) groups is 1. The first-order valence-corrected chi connectivity index (χ1v) is 14.9. The number of nitrogens with two attached hydrogens (primary N) is 1. The Morgan fingerprint density at radius 2 is 2.05 bits per heavy atom. The maximum Gasteiger partial charge on any atom is 0.249 e. The van der Waals surface area contributed by atoms with E-state index < -0.39 is 41.1 Å². The summed E-state index contributed by atoms with van der Waals surface area (Å²) in [6.45, 7) is 4.38. The van der Waals surface area contributed by atoms with Crippen LogP contribution in [0, 0.1) is 5.82 Å². The highest BCUT2D eigenvalue weighted by atomic mass is 35.5. The van der Waals surface area contributed by atoms with Crippen LogP contribution in [0.2, 0.25) is 5.02 Å². The third-order valence-electron chi connectivity index (χ3n) is 8.90. The summed E-state index contributed by atoms with van der Waals surface area (Å²) in [4.78, 5) is 17.2. The molecule has 2 heterocycles. The summed E-state index contributed by atoms with van der Waals surface area (Å²) < 4.78 is 49.2. The van der Waals surface area contributed by atoms with Crippen molar-refractivity contribution < 1.29 is 32.9 Å². The SMILES string of the molecule is COCCOC1C=CC(C(N)=O)=C(c2c(Cl)c(F)cc3c2[C@H](C)[C@@](CNC2CCC(C)(O)CC2)(c2ccccn2)O3)C1F. The Hall–Kier alpha value is -2.89. The number of aliphatic hydroxyl groups is 1. The van der Waals surface area contributed by atoms with E-state index in [1.54, 1.807) is 12.3 Å². The third-order valence-corrected chi connectivity index (χ3v) is 9.27. The molecule has 1 aliphatic heterocycles. The second-order valence-corrected chi connectivity index (χ2v) is 12.2. The molecule has 0 bridgehead atoms. The standard InChI is InChI=1S/C32H38ClF2N3O5/c1-18-25-23(43-32(18,24-6-4-5-13-37-24)17-38-19-9-11-31(2,40)12-10-19)16-21(34)28(33)27(25)26-20(30(36)39)7-8-22(29(26)35)42-15-14-41-3/h4-8,13,16,18-19,22,29,38,40H,9-12,14-15,17H2,1-3H3,(H2,36,39)/t18-,19?,22?,29?,31?,32-/m0/s1. The van der Waals surface area contributed by atoms with Gasteiger partial charge in [0.1, 0.15) is 17.7 Å². The fourth-order valence-electron chi connectivity index (χ4n) is 6.41. The van der Waals surface area contributed by atoms with Crippen LogP contribution >= 0.6 is 11.6 Å². The van der Waals surface area contributed by atoms with Gasteiger partial charge in [0.25, 0.3) is 0 Å².